The molecule has 1 heterocycles. The van der Waals surface area contributed by atoms with Gasteiger partial charge in [-0.1, -0.05) is 0 Å². The van der Waals surface area contributed by atoms with Gasteiger partial charge in [0.15, 0.2) is 5.96 Å². The van der Waals surface area contributed by atoms with Crippen LogP contribution in [0.1, 0.15) is 25.8 Å². The van der Waals surface area contributed by atoms with Crippen molar-refractivity contribution >= 4 is 29.9 Å². The Kier molecular flexibility index (Phi) is 12.8. The molecular weight excluding hydrogens is 483 g/mol. The summed E-state index contributed by atoms with van der Waals surface area (Å²) in [5.74, 6) is 2.85. The van der Waals surface area contributed by atoms with E-state index in [1.54, 1.807) is 13.3 Å². The first kappa shape index (κ1) is 25.0. The van der Waals surface area contributed by atoms with Crippen molar-refractivity contribution in [3.8, 4) is 17.4 Å². The van der Waals surface area contributed by atoms with Crippen LogP contribution in [-0.4, -0.2) is 44.4 Å². The average molecular weight is 514 g/mol. The van der Waals surface area contributed by atoms with Crippen LogP contribution >= 0.6 is 24.0 Å². The van der Waals surface area contributed by atoms with Crippen molar-refractivity contribution in [3.63, 3.8) is 0 Å². The highest BCUT2D eigenvalue weighted by molar-refractivity contribution is 14.0. The summed E-state index contributed by atoms with van der Waals surface area (Å²) >= 11 is 0. The van der Waals surface area contributed by atoms with Gasteiger partial charge in [-0.05, 0) is 56.2 Å². The van der Waals surface area contributed by atoms with Crippen molar-refractivity contribution < 1.29 is 14.2 Å². The Balaban J connectivity index is 0.00000420. The minimum absolute atomic E-state index is 0. The van der Waals surface area contributed by atoms with Crippen LogP contribution in [0.4, 0.5) is 0 Å². The van der Waals surface area contributed by atoms with Gasteiger partial charge in [-0.25, -0.2) is 9.98 Å². The molecule has 0 unspecified atom stereocenters. The number of nitrogens with one attached hydrogen (secondary N) is 2. The lowest BCUT2D eigenvalue weighted by molar-refractivity contribution is 0.195. The van der Waals surface area contributed by atoms with E-state index in [0.717, 1.165) is 43.4 Å². The van der Waals surface area contributed by atoms with Crippen LogP contribution in [0.25, 0.3) is 0 Å². The standard InChI is InChI=1S/C21H30N4O3.HI/c1-4-22-21(24-12-6-14-26-3)25-16-17-11-13-23-20(15-17)28-19-9-7-18(8-10-19)27-5-2;/h7-11,13,15H,4-6,12,14,16H2,1-3H3,(H2,22,24,25);1H. The summed E-state index contributed by atoms with van der Waals surface area (Å²) in [7, 11) is 1.70. The van der Waals surface area contributed by atoms with Crippen molar-refractivity contribution in [2.24, 2.45) is 4.99 Å². The number of guanidine groups is 1. The molecule has 0 fully saturated rings. The lowest BCUT2D eigenvalue weighted by atomic mass is 10.2. The number of ether oxygens (including phenoxy) is 3. The fourth-order valence-corrected chi connectivity index (χ4v) is 2.43. The zero-order valence-corrected chi connectivity index (χ0v) is 19.6. The third-order valence-corrected chi connectivity index (χ3v) is 3.74. The van der Waals surface area contributed by atoms with Crippen LogP contribution in [0.2, 0.25) is 0 Å². The van der Waals surface area contributed by atoms with Gasteiger partial charge in [-0.3, -0.25) is 0 Å². The number of nitrogens with zero attached hydrogens (tertiary/aromatic N) is 2. The molecule has 1 aromatic carbocycles. The van der Waals surface area contributed by atoms with Crippen LogP contribution in [0.5, 0.6) is 17.4 Å². The molecule has 0 aliphatic carbocycles. The largest absolute Gasteiger partial charge is 0.494 e. The molecule has 0 amide bonds. The first-order chi connectivity index (χ1) is 13.7. The third kappa shape index (κ3) is 9.80. The zero-order chi connectivity index (χ0) is 20.0. The Morgan fingerprint density at radius 1 is 1.07 bits per heavy atom. The summed E-state index contributed by atoms with van der Waals surface area (Å²) < 4.78 is 16.3. The van der Waals surface area contributed by atoms with Gasteiger partial charge in [0.25, 0.3) is 0 Å². The highest BCUT2D eigenvalue weighted by atomic mass is 127. The van der Waals surface area contributed by atoms with Gasteiger partial charge in [0.2, 0.25) is 5.88 Å². The molecule has 160 valence electrons. The number of aromatic nitrogens is 1. The Bertz CT molecular complexity index is 726. The van der Waals surface area contributed by atoms with Crippen LogP contribution in [0.15, 0.2) is 47.6 Å². The van der Waals surface area contributed by atoms with Crippen LogP contribution in [0, 0.1) is 0 Å². The van der Waals surface area contributed by atoms with Gasteiger partial charge < -0.3 is 24.8 Å². The molecule has 2 N–H and O–H groups in total. The molecule has 0 aliphatic rings. The third-order valence-electron chi connectivity index (χ3n) is 3.74. The lowest BCUT2D eigenvalue weighted by Gasteiger charge is -2.11. The monoisotopic (exact) mass is 514 g/mol. The van der Waals surface area contributed by atoms with Crippen LogP contribution in [0.3, 0.4) is 0 Å². The minimum Gasteiger partial charge on any atom is -0.494 e. The number of rotatable bonds is 11. The Morgan fingerprint density at radius 3 is 2.52 bits per heavy atom. The number of halogens is 1. The molecule has 7 nitrogen and oxygen atoms in total. The topological polar surface area (TPSA) is 77.0 Å². The summed E-state index contributed by atoms with van der Waals surface area (Å²) in [6, 6.07) is 11.3. The van der Waals surface area contributed by atoms with Gasteiger partial charge in [0.1, 0.15) is 11.5 Å². The van der Waals surface area contributed by atoms with E-state index in [2.05, 4.69) is 20.6 Å². The molecule has 8 heteroatoms. The van der Waals surface area contributed by atoms with E-state index in [1.807, 2.05) is 50.2 Å². The molecule has 0 saturated carbocycles. The zero-order valence-electron chi connectivity index (χ0n) is 17.3. The van der Waals surface area contributed by atoms with Crippen molar-refractivity contribution in [1.29, 1.82) is 0 Å². The number of hydrogen-bond donors (Lipinski definition) is 2. The first-order valence-electron chi connectivity index (χ1n) is 9.62. The van der Waals surface area contributed by atoms with Crippen molar-refractivity contribution in [2.45, 2.75) is 26.8 Å². The first-order valence-corrected chi connectivity index (χ1v) is 9.62. The van der Waals surface area contributed by atoms with E-state index >= 15 is 0 Å². The molecule has 0 saturated heterocycles. The Labute approximate surface area is 190 Å². The summed E-state index contributed by atoms with van der Waals surface area (Å²) in [5.41, 5.74) is 1.02. The van der Waals surface area contributed by atoms with E-state index in [4.69, 9.17) is 14.2 Å². The number of hydrogen-bond acceptors (Lipinski definition) is 5. The normalized spacial score (nSPS) is 10.8. The van der Waals surface area contributed by atoms with Gasteiger partial charge in [-0.15, -0.1) is 24.0 Å². The molecule has 2 rings (SSSR count). The number of pyridine rings is 1. The second kappa shape index (κ2) is 14.9. The second-order valence-electron chi connectivity index (χ2n) is 5.98. The van der Waals surface area contributed by atoms with Crippen molar-refractivity contribution in [2.75, 3.05) is 33.4 Å². The van der Waals surface area contributed by atoms with Crippen LogP contribution < -0.4 is 20.1 Å². The summed E-state index contributed by atoms with van der Waals surface area (Å²) in [4.78, 5) is 8.90. The van der Waals surface area contributed by atoms with E-state index in [0.29, 0.717) is 24.8 Å². The van der Waals surface area contributed by atoms with Crippen LogP contribution in [-0.2, 0) is 11.3 Å². The number of methoxy groups -OCH3 is 1. The van der Waals surface area contributed by atoms with E-state index < -0.39 is 0 Å². The maximum Gasteiger partial charge on any atom is 0.219 e. The van der Waals surface area contributed by atoms with Gasteiger partial charge in [-0.2, -0.15) is 0 Å². The maximum atomic E-state index is 5.84. The fourth-order valence-electron chi connectivity index (χ4n) is 2.43. The highest BCUT2D eigenvalue weighted by Crippen LogP contribution is 2.23. The molecule has 0 atom stereocenters. The van der Waals surface area contributed by atoms with E-state index in [9.17, 15) is 0 Å². The molecule has 2 aromatic rings. The van der Waals surface area contributed by atoms with Gasteiger partial charge in [0.05, 0.1) is 13.2 Å². The Morgan fingerprint density at radius 2 is 1.83 bits per heavy atom. The van der Waals surface area contributed by atoms with Gasteiger partial charge >= 0.3 is 0 Å². The maximum absolute atomic E-state index is 5.84. The predicted molar refractivity (Wildman–Crippen MR) is 127 cm³/mol. The van der Waals surface area contributed by atoms with E-state index in [-0.39, 0.29) is 24.0 Å². The number of benzene rings is 1. The average Bonchev–Trinajstić information content (AvgIpc) is 2.71. The van der Waals surface area contributed by atoms with Gasteiger partial charge in [0, 0.05) is 39.1 Å². The fraction of sp³-hybridized carbons (Fsp3) is 0.429. The summed E-state index contributed by atoms with van der Waals surface area (Å²) in [5, 5.41) is 6.54. The SMILES string of the molecule is CCNC(=NCc1ccnc(Oc2ccc(OCC)cc2)c1)NCCCOC.I. The highest BCUT2D eigenvalue weighted by Gasteiger charge is 2.03. The molecule has 0 spiro atoms. The van der Waals surface area contributed by atoms with E-state index in [1.165, 1.54) is 0 Å². The molecule has 0 bridgehead atoms. The predicted octanol–water partition coefficient (Wildman–Crippen LogP) is 3.98. The lowest BCUT2D eigenvalue weighted by Crippen LogP contribution is -2.38. The molecule has 0 radical (unpaired) electrons. The number of aliphatic imine (C=N–C) groups is 1. The molecule has 1 aromatic heterocycles. The molecule has 0 aliphatic heterocycles. The molecular formula is C21H31IN4O3. The van der Waals surface area contributed by atoms with Crippen molar-refractivity contribution in [3.05, 3.63) is 48.2 Å². The smallest absolute Gasteiger partial charge is 0.219 e. The quantitative estimate of drug-likeness (QED) is 0.205. The minimum atomic E-state index is 0. The van der Waals surface area contributed by atoms with Crippen molar-refractivity contribution in [1.82, 2.24) is 15.6 Å². The molecule has 29 heavy (non-hydrogen) atoms. The second-order valence-corrected chi connectivity index (χ2v) is 5.98. The Hall–Kier alpha value is -2.07. The summed E-state index contributed by atoms with van der Waals surface area (Å²) in [6.07, 6.45) is 2.66. The summed E-state index contributed by atoms with van der Waals surface area (Å²) in [6.45, 7) is 7.51.